The molecule has 2 heterocycles. The molecule has 26 heavy (non-hydrogen) atoms. The van der Waals surface area contributed by atoms with E-state index in [9.17, 15) is 4.79 Å². The van der Waals surface area contributed by atoms with Crippen LogP contribution in [-0.2, 0) is 11.3 Å². The second kappa shape index (κ2) is 9.52. The Bertz CT molecular complexity index is 735. The molecular weight excluding hydrogens is 352 g/mol. The number of halogens is 1. The van der Waals surface area contributed by atoms with E-state index in [-0.39, 0.29) is 5.91 Å². The summed E-state index contributed by atoms with van der Waals surface area (Å²) in [6.07, 6.45) is 3.27. The molecule has 3 rings (SSSR count). The lowest BCUT2D eigenvalue weighted by atomic mass is 10.2. The Kier molecular flexibility index (Phi) is 6.82. The lowest BCUT2D eigenvalue weighted by molar-refractivity contribution is 0.0383. The molecule has 1 saturated heterocycles. The molecule has 138 valence electrons. The predicted octanol–water partition coefficient (Wildman–Crippen LogP) is 2.41. The molecule has 1 aliphatic heterocycles. The number of carbonyl (C=O) groups is 1. The summed E-state index contributed by atoms with van der Waals surface area (Å²) in [4.78, 5) is 18.8. The maximum absolute atomic E-state index is 12.3. The first kappa shape index (κ1) is 18.6. The fraction of sp³-hybridized carbons (Fsp3) is 0.368. The summed E-state index contributed by atoms with van der Waals surface area (Å²) in [6, 6.07) is 9.46. The van der Waals surface area contributed by atoms with Crippen LogP contribution in [0.15, 0.2) is 42.7 Å². The van der Waals surface area contributed by atoms with Crippen molar-refractivity contribution in [1.82, 2.24) is 15.2 Å². The summed E-state index contributed by atoms with van der Waals surface area (Å²) in [7, 11) is 0. The van der Waals surface area contributed by atoms with Gasteiger partial charge in [0.2, 0.25) is 0 Å². The van der Waals surface area contributed by atoms with Crippen LogP contribution in [0.2, 0.25) is 5.02 Å². The molecule has 1 aromatic heterocycles. The number of aromatic nitrogens is 1. The zero-order valence-corrected chi connectivity index (χ0v) is 15.3. The van der Waals surface area contributed by atoms with Gasteiger partial charge in [0, 0.05) is 50.1 Å². The fourth-order valence-corrected chi connectivity index (χ4v) is 2.96. The van der Waals surface area contributed by atoms with Crippen molar-refractivity contribution in [2.75, 3.05) is 44.7 Å². The van der Waals surface area contributed by atoms with Crippen molar-refractivity contribution in [2.24, 2.45) is 0 Å². The molecule has 0 radical (unpaired) electrons. The largest absolute Gasteiger partial charge is 0.380 e. The van der Waals surface area contributed by atoms with Crippen molar-refractivity contribution in [1.29, 1.82) is 0 Å². The molecule has 1 fully saturated rings. The molecule has 1 amide bonds. The molecule has 1 aromatic carbocycles. The average Bonchev–Trinajstić information content (AvgIpc) is 2.68. The Morgan fingerprint density at radius 3 is 2.85 bits per heavy atom. The summed E-state index contributed by atoms with van der Waals surface area (Å²) in [5.41, 5.74) is 2.32. The number of hydrogen-bond acceptors (Lipinski definition) is 5. The first-order valence-corrected chi connectivity index (χ1v) is 9.11. The van der Waals surface area contributed by atoms with E-state index in [2.05, 4.69) is 20.5 Å². The number of anilines is 1. The summed E-state index contributed by atoms with van der Waals surface area (Å²) >= 11 is 6.16. The molecule has 0 bridgehead atoms. The lowest BCUT2D eigenvalue weighted by Gasteiger charge is -2.26. The number of pyridine rings is 1. The van der Waals surface area contributed by atoms with E-state index in [1.165, 1.54) is 0 Å². The molecular formula is C19H23ClN4O2. The van der Waals surface area contributed by atoms with Crippen LogP contribution in [0.5, 0.6) is 0 Å². The van der Waals surface area contributed by atoms with E-state index in [0.29, 0.717) is 23.7 Å². The molecule has 0 spiro atoms. The monoisotopic (exact) mass is 374 g/mol. The lowest BCUT2D eigenvalue weighted by Crippen LogP contribution is -2.41. The number of benzene rings is 1. The van der Waals surface area contributed by atoms with Crippen LogP contribution in [0.3, 0.4) is 0 Å². The third-order valence-electron chi connectivity index (χ3n) is 4.26. The van der Waals surface area contributed by atoms with Crippen LogP contribution in [-0.4, -0.2) is 55.2 Å². The molecule has 6 nitrogen and oxygen atoms in total. The number of nitrogens with one attached hydrogen (secondary N) is 2. The van der Waals surface area contributed by atoms with Crippen LogP contribution < -0.4 is 10.6 Å². The SMILES string of the molecule is O=C(NCCN1CCOCC1)c1cncc(NCc2ccccc2Cl)c1. The molecule has 0 aliphatic carbocycles. The number of hydrogen-bond donors (Lipinski definition) is 2. The van der Waals surface area contributed by atoms with Crippen molar-refractivity contribution in [3.63, 3.8) is 0 Å². The van der Waals surface area contributed by atoms with Crippen molar-refractivity contribution >= 4 is 23.2 Å². The van der Waals surface area contributed by atoms with Gasteiger partial charge in [-0.1, -0.05) is 29.8 Å². The molecule has 0 saturated carbocycles. The van der Waals surface area contributed by atoms with E-state index >= 15 is 0 Å². The van der Waals surface area contributed by atoms with E-state index < -0.39 is 0 Å². The smallest absolute Gasteiger partial charge is 0.252 e. The average molecular weight is 375 g/mol. The minimum absolute atomic E-state index is 0.118. The van der Waals surface area contributed by atoms with Gasteiger partial charge in [-0.2, -0.15) is 0 Å². The van der Waals surface area contributed by atoms with Crippen molar-refractivity contribution in [3.8, 4) is 0 Å². The Hall–Kier alpha value is -2.15. The van der Waals surface area contributed by atoms with Crippen LogP contribution in [0.25, 0.3) is 0 Å². The van der Waals surface area contributed by atoms with Crippen LogP contribution in [0.1, 0.15) is 15.9 Å². The summed E-state index contributed by atoms with van der Waals surface area (Å²) in [5.74, 6) is -0.118. The van der Waals surface area contributed by atoms with Gasteiger partial charge in [-0.3, -0.25) is 14.7 Å². The highest BCUT2D eigenvalue weighted by molar-refractivity contribution is 6.31. The number of amides is 1. The van der Waals surface area contributed by atoms with Crippen molar-refractivity contribution in [2.45, 2.75) is 6.54 Å². The minimum Gasteiger partial charge on any atom is -0.380 e. The topological polar surface area (TPSA) is 66.5 Å². The highest BCUT2D eigenvalue weighted by Crippen LogP contribution is 2.17. The maximum Gasteiger partial charge on any atom is 0.252 e. The summed E-state index contributed by atoms with van der Waals surface area (Å²) in [6.45, 7) is 5.36. The van der Waals surface area contributed by atoms with Crippen LogP contribution >= 0.6 is 11.6 Å². The van der Waals surface area contributed by atoms with Gasteiger partial charge in [-0.25, -0.2) is 0 Å². The Balaban J connectivity index is 1.49. The van der Waals surface area contributed by atoms with Gasteiger partial charge in [0.25, 0.3) is 5.91 Å². The standard InChI is InChI=1S/C19H23ClN4O2/c20-18-4-2-1-3-15(18)13-23-17-11-16(12-21-14-17)19(25)22-5-6-24-7-9-26-10-8-24/h1-4,11-12,14,23H,5-10,13H2,(H,22,25). The number of carbonyl (C=O) groups excluding carboxylic acids is 1. The van der Waals surface area contributed by atoms with Gasteiger partial charge in [-0.15, -0.1) is 0 Å². The minimum atomic E-state index is -0.118. The highest BCUT2D eigenvalue weighted by Gasteiger charge is 2.11. The van der Waals surface area contributed by atoms with Crippen molar-refractivity contribution < 1.29 is 9.53 Å². The van der Waals surface area contributed by atoms with Crippen LogP contribution in [0.4, 0.5) is 5.69 Å². The van der Waals surface area contributed by atoms with Gasteiger partial charge >= 0.3 is 0 Å². The summed E-state index contributed by atoms with van der Waals surface area (Å²) < 4.78 is 5.32. The third kappa shape index (κ3) is 5.42. The number of morpholine rings is 1. The van der Waals surface area contributed by atoms with Gasteiger partial charge in [-0.05, 0) is 17.7 Å². The zero-order valence-electron chi connectivity index (χ0n) is 14.6. The fourth-order valence-electron chi connectivity index (χ4n) is 2.75. The first-order valence-electron chi connectivity index (χ1n) is 8.73. The Labute approximate surface area is 158 Å². The zero-order chi connectivity index (χ0) is 18.2. The molecule has 2 N–H and O–H groups in total. The number of nitrogens with zero attached hydrogens (tertiary/aromatic N) is 2. The van der Waals surface area contributed by atoms with Crippen LogP contribution in [0, 0.1) is 0 Å². The van der Waals surface area contributed by atoms with E-state index in [0.717, 1.165) is 44.1 Å². The van der Waals surface area contributed by atoms with Gasteiger partial charge in [0.05, 0.1) is 24.5 Å². The molecule has 2 aromatic rings. The predicted molar refractivity (Wildman–Crippen MR) is 103 cm³/mol. The van der Waals surface area contributed by atoms with E-state index in [4.69, 9.17) is 16.3 Å². The molecule has 1 aliphatic rings. The van der Waals surface area contributed by atoms with Gasteiger partial charge in [0.1, 0.15) is 0 Å². The molecule has 0 unspecified atom stereocenters. The van der Waals surface area contributed by atoms with Gasteiger partial charge < -0.3 is 15.4 Å². The summed E-state index contributed by atoms with van der Waals surface area (Å²) in [5, 5.41) is 6.91. The number of rotatable bonds is 7. The Morgan fingerprint density at radius 2 is 2.04 bits per heavy atom. The molecule has 7 heteroatoms. The third-order valence-corrected chi connectivity index (χ3v) is 4.63. The highest BCUT2D eigenvalue weighted by atomic mass is 35.5. The quantitative estimate of drug-likeness (QED) is 0.779. The maximum atomic E-state index is 12.3. The number of ether oxygens (including phenoxy) is 1. The second-order valence-corrected chi connectivity index (χ2v) is 6.52. The first-order chi connectivity index (χ1) is 12.7. The van der Waals surface area contributed by atoms with E-state index in [1.807, 2.05) is 24.3 Å². The molecule has 0 atom stereocenters. The Morgan fingerprint density at radius 1 is 1.23 bits per heavy atom. The van der Waals surface area contributed by atoms with Crippen molar-refractivity contribution in [3.05, 3.63) is 58.9 Å². The van der Waals surface area contributed by atoms with E-state index in [1.54, 1.807) is 18.5 Å². The normalized spacial score (nSPS) is 14.8. The van der Waals surface area contributed by atoms with Gasteiger partial charge in [0.15, 0.2) is 0 Å². The second-order valence-electron chi connectivity index (χ2n) is 6.12.